The lowest BCUT2D eigenvalue weighted by Gasteiger charge is -2.09. The molecule has 1 aliphatic carbocycles. The number of hydrogen-bond donors (Lipinski definition) is 3. The zero-order chi connectivity index (χ0) is 21.2. The fourth-order valence-electron chi connectivity index (χ4n) is 2.63. The first-order chi connectivity index (χ1) is 13.7. The number of primary amides is 1. The first-order valence-corrected chi connectivity index (χ1v) is 10.3. The highest BCUT2D eigenvalue weighted by atomic mass is 32.2. The van der Waals surface area contributed by atoms with Crippen LogP contribution in [0.3, 0.4) is 0 Å². The van der Waals surface area contributed by atoms with Crippen LogP contribution in [0.1, 0.15) is 35.2 Å². The first-order valence-electron chi connectivity index (χ1n) is 8.85. The monoisotopic (exact) mass is 423 g/mol. The Hall–Kier alpha value is -2.85. The molecule has 0 bridgehead atoms. The molecule has 10 heteroatoms. The van der Waals surface area contributed by atoms with Crippen molar-refractivity contribution in [3.63, 3.8) is 0 Å². The number of carbonyl (C=O) groups excluding carboxylic acids is 2. The largest absolute Gasteiger partial charge is 0.366 e. The molecule has 0 spiro atoms. The zero-order valence-electron chi connectivity index (χ0n) is 15.2. The van der Waals surface area contributed by atoms with Crippen LogP contribution in [0.2, 0.25) is 0 Å². The summed E-state index contributed by atoms with van der Waals surface area (Å²) < 4.78 is 54.1. The summed E-state index contributed by atoms with van der Waals surface area (Å²) in [6.45, 7) is 0. The average molecular weight is 423 g/mol. The van der Waals surface area contributed by atoms with Crippen molar-refractivity contribution in [1.82, 2.24) is 4.72 Å². The lowest BCUT2D eigenvalue weighted by molar-refractivity contribution is -0.116. The Morgan fingerprint density at radius 1 is 1.07 bits per heavy atom. The van der Waals surface area contributed by atoms with Crippen molar-refractivity contribution in [2.75, 3.05) is 5.32 Å². The average Bonchev–Trinajstić information content (AvgIpc) is 3.45. The van der Waals surface area contributed by atoms with Gasteiger partial charge in [0.1, 0.15) is 11.6 Å². The van der Waals surface area contributed by atoms with Gasteiger partial charge in [-0.25, -0.2) is 21.9 Å². The number of carbonyl (C=O) groups is 2. The number of hydrogen-bond acceptors (Lipinski definition) is 4. The van der Waals surface area contributed by atoms with Crippen LogP contribution in [0.25, 0.3) is 0 Å². The topological polar surface area (TPSA) is 118 Å². The Kier molecular flexibility index (Phi) is 5.94. The number of anilines is 1. The van der Waals surface area contributed by atoms with E-state index in [1.54, 1.807) is 12.1 Å². The van der Waals surface area contributed by atoms with E-state index in [0.29, 0.717) is 11.6 Å². The van der Waals surface area contributed by atoms with Crippen LogP contribution in [0.4, 0.5) is 14.5 Å². The molecule has 0 unspecified atom stereocenters. The number of rotatable bonds is 8. The quantitative estimate of drug-likeness (QED) is 0.602. The smallest absolute Gasteiger partial charge is 0.251 e. The van der Waals surface area contributed by atoms with Crippen LogP contribution in [0, 0.1) is 11.6 Å². The minimum Gasteiger partial charge on any atom is -0.366 e. The first kappa shape index (κ1) is 20.9. The van der Waals surface area contributed by atoms with Gasteiger partial charge in [-0.15, -0.1) is 0 Å². The van der Waals surface area contributed by atoms with E-state index in [4.69, 9.17) is 5.73 Å². The molecule has 29 heavy (non-hydrogen) atoms. The van der Waals surface area contributed by atoms with Crippen LogP contribution >= 0.6 is 0 Å². The van der Waals surface area contributed by atoms with Gasteiger partial charge in [-0.1, -0.05) is 12.1 Å². The molecule has 4 N–H and O–H groups in total. The minimum absolute atomic E-state index is 0.00492. The van der Waals surface area contributed by atoms with Crippen molar-refractivity contribution in [2.45, 2.75) is 36.6 Å². The number of aryl methyl sites for hydroxylation is 1. The Labute approximate surface area is 166 Å². The third-order valence-electron chi connectivity index (χ3n) is 4.37. The van der Waals surface area contributed by atoms with Gasteiger partial charge in [-0.05, 0) is 43.0 Å². The molecule has 2 aromatic carbocycles. The van der Waals surface area contributed by atoms with Crippen molar-refractivity contribution in [2.24, 2.45) is 5.73 Å². The highest BCUT2D eigenvalue weighted by Crippen LogP contribution is 2.23. The zero-order valence-corrected chi connectivity index (χ0v) is 16.1. The maximum atomic E-state index is 13.8. The third kappa shape index (κ3) is 5.36. The Morgan fingerprint density at radius 3 is 2.31 bits per heavy atom. The van der Waals surface area contributed by atoms with Crippen molar-refractivity contribution in [1.29, 1.82) is 0 Å². The van der Waals surface area contributed by atoms with E-state index in [1.807, 2.05) is 0 Å². The van der Waals surface area contributed by atoms with Gasteiger partial charge < -0.3 is 11.1 Å². The van der Waals surface area contributed by atoms with Crippen LogP contribution in [-0.2, 0) is 21.2 Å². The molecule has 0 aliphatic heterocycles. The van der Waals surface area contributed by atoms with Gasteiger partial charge in [0.15, 0.2) is 0 Å². The summed E-state index contributed by atoms with van der Waals surface area (Å²) >= 11 is 0. The molecule has 154 valence electrons. The second kappa shape index (κ2) is 8.26. The van der Waals surface area contributed by atoms with Gasteiger partial charge >= 0.3 is 0 Å². The summed E-state index contributed by atoms with van der Waals surface area (Å²) in [5, 5.41) is 2.27. The Morgan fingerprint density at radius 2 is 1.72 bits per heavy atom. The standard InChI is InChI=1S/C19H19F2N3O4S/c20-15-10-16(21)17(9-14(15)19(22)26)23-18(25)8-3-11-1-6-13(7-2-11)29(27,28)24-12-4-5-12/h1-2,6-7,9-10,12,24H,3-5,8H2,(H2,22,26)(H,23,25). The maximum Gasteiger partial charge on any atom is 0.251 e. The molecular weight excluding hydrogens is 404 g/mol. The van der Waals surface area contributed by atoms with E-state index < -0.39 is 39.0 Å². The number of benzene rings is 2. The van der Waals surface area contributed by atoms with E-state index in [1.165, 1.54) is 12.1 Å². The normalized spacial score (nSPS) is 13.9. The molecule has 0 radical (unpaired) electrons. The van der Waals surface area contributed by atoms with Crippen molar-refractivity contribution < 1.29 is 26.8 Å². The molecule has 0 saturated heterocycles. The Balaban J connectivity index is 1.59. The minimum atomic E-state index is -3.54. The molecule has 1 aliphatic rings. The van der Waals surface area contributed by atoms with Crippen molar-refractivity contribution >= 4 is 27.5 Å². The summed E-state index contributed by atoms with van der Waals surface area (Å²) in [6, 6.07) is 7.43. The van der Waals surface area contributed by atoms with Crippen LogP contribution < -0.4 is 15.8 Å². The number of amides is 2. The molecule has 0 atom stereocenters. The molecule has 0 aromatic heterocycles. The number of nitrogens with two attached hydrogens (primary N) is 1. The fourth-order valence-corrected chi connectivity index (χ4v) is 3.93. The maximum absolute atomic E-state index is 13.8. The van der Waals surface area contributed by atoms with Gasteiger partial charge in [0, 0.05) is 18.5 Å². The number of halogens is 2. The number of nitrogens with one attached hydrogen (secondary N) is 2. The summed E-state index contributed by atoms with van der Waals surface area (Å²) in [6.07, 6.45) is 1.91. The van der Waals surface area contributed by atoms with E-state index in [2.05, 4.69) is 10.0 Å². The van der Waals surface area contributed by atoms with Crippen molar-refractivity contribution in [3.05, 3.63) is 59.2 Å². The van der Waals surface area contributed by atoms with Gasteiger partial charge in [-0.3, -0.25) is 9.59 Å². The van der Waals surface area contributed by atoms with E-state index >= 15 is 0 Å². The summed E-state index contributed by atoms with van der Waals surface area (Å²) in [4.78, 5) is 23.4. The van der Waals surface area contributed by atoms with E-state index in [0.717, 1.165) is 18.9 Å². The predicted octanol–water partition coefficient (Wildman–Crippen LogP) is 2.08. The van der Waals surface area contributed by atoms with Crippen LogP contribution in [0.5, 0.6) is 0 Å². The molecule has 3 rings (SSSR count). The van der Waals surface area contributed by atoms with Gasteiger partial charge in [0.05, 0.1) is 16.1 Å². The van der Waals surface area contributed by atoms with Crippen LogP contribution in [-0.4, -0.2) is 26.3 Å². The molecular formula is C19H19F2N3O4S. The highest BCUT2D eigenvalue weighted by Gasteiger charge is 2.27. The van der Waals surface area contributed by atoms with Gasteiger partial charge in [0.2, 0.25) is 15.9 Å². The van der Waals surface area contributed by atoms with Crippen LogP contribution in [0.15, 0.2) is 41.3 Å². The highest BCUT2D eigenvalue weighted by molar-refractivity contribution is 7.89. The molecule has 1 fully saturated rings. The Bertz CT molecular complexity index is 1050. The fraction of sp³-hybridized carbons (Fsp3) is 0.263. The van der Waals surface area contributed by atoms with Gasteiger partial charge in [-0.2, -0.15) is 0 Å². The summed E-state index contributed by atoms with van der Waals surface area (Å²) in [5.74, 6) is -3.78. The lowest BCUT2D eigenvalue weighted by atomic mass is 10.1. The molecule has 1 saturated carbocycles. The predicted molar refractivity (Wildman–Crippen MR) is 102 cm³/mol. The molecule has 0 heterocycles. The molecule has 2 aromatic rings. The lowest BCUT2D eigenvalue weighted by Crippen LogP contribution is -2.25. The SMILES string of the molecule is NC(=O)c1cc(NC(=O)CCc2ccc(S(=O)(=O)NC3CC3)cc2)c(F)cc1F. The third-order valence-corrected chi connectivity index (χ3v) is 5.91. The van der Waals surface area contributed by atoms with E-state index in [-0.39, 0.29) is 29.5 Å². The molecule has 2 amide bonds. The number of sulfonamides is 1. The summed E-state index contributed by atoms with van der Waals surface area (Å²) in [5.41, 5.74) is 4.84. The van der Waals surface area contributed by atoms with Crippen molar-refractivity contribution in [3.8, 4) is 0 Å². The van der Waals surface area contributed by atoms with E-state index in [9.17, 15) is 26.8 Å². The second-order valence-corrected chi connectivity index (χ2v) is 8.48. The molecule has 7 nitrogen and oxygen atoms in total. The second-order valence-electron chi connectivity index (χ2n) is 6.76. The van der Waals surface area contributed by atoms with Gasteiger partial charge in [0.25, 0.3) is 5.91 Å². The summed E-state index contributed by atoms with van der Waals surface area (Å²) in [7, 11) is -3.54.